The summed E-state index contributed by atoms with van der Waals surface area (Å²) < 4.78 is 0. The Labute approximate surface area is 104 Å². The van der Waals surface area contributed by atoms with Crippen molar-refractivity contribution in [3.63, 3.8) is 0 Å². The highest BCUT2D eigenvalue weighted by molar-refractivity contribution is 5.62. The number of rotatable bonds is 1. The van der Waals surface area contributed by atoms with E-state index in [1.807, 2.05) is 0 Å². The molecule has 3 rings (SSSR count). The third-order valence-corrected chi connectivity index (χ3v) is 4.54. The van der Waals surface area contributed by atoms with Crippen LogP contribution in [0, 0.1) is 12.8 Å². The van der Waals surface area contributed by atoms with Gasteiger partial charge in [0.15, 0.2) is 0 Å². The second kappa shape index (κ2) is 4.34. The summed E-state index contributed by atoms with van der Waals surface area (Å²) in [4.78, 5) is 2.45. The van der Waals surface area contributed by atoms with E-state index in [1.165, 1.54) is 37.2 Å². The Kier molecular flexibility index (Phi) is 2.83. The Morgan fingerprint density at radius 1 is 1.24 bits per heavy atom. The van der Waals surface area contributed by atoms with E-state index in [-0.39, 0.29) is 0 Å². The fraction of sp³-hybridized carbons (Fsp3) is 0.600. The molecule has 1 aromatic rings. The van der Waals surface area contributed by atoms with Gasteiger partial charge in [0.25, 0.3) is 0 Å². The Morgan fingerprint density at radius 2 is 2.00 bits per heavy atom. The number of anilines is 1. The maximum Gasteiger partial charge on any atom is 0.0406 e. The van der Waals surface area contributed by atoms with Crippen LogP contribution in [0.4, 0.5) is 5.69 Å². The molecule has 0 saturated carbocycles. The highest BCUT2D eigenvalue weighted by Crippen LogP contribution is 2.41. The second-order valence-electron chi connectivity index (χ2n) is 5.67. The molecular weight excluding hydrogens is 208 g/mol. The standard InChI is InChI=1S/C15H22N2/c1-11-4-3-5-13-14(10-16-15(11)13)12-6-8-17(2)9-7-12/h3-5,12,14,16H,6-10H2,1-2H3. The summed E-state index contributed by atoms with van der Waals surface area (Å²) in [6.07, 6.45) is 2.71. The number of nitrogens with zero attached hydrogens (tertiary/aromatic N) is 1. The van der Waals surface area contributed by atoms with E-state index < -0.39 is 0 Å². The van der Waals surface area contributed by atoms with Gasteiger partial charge in [0.05, 0.1) is 0 Å². The molecule has 2 nitrogen and oxygen atoms in total. The lowest BCUT2D eigenvalue weighted by molar-refractivity contribution is 0.202. The largest absolute Gasteiger partial charge is 0.384 e. The fourth-order valence-electron chi connectivity index (χ4n) is 3.41. The quantitative estimate of drug-likeness (QED) is 0.798. The molecule has 1 fully saturated rings. The average Bonchev–Trinajstić information content (AvgIpc) is 2.75. The summed E-state index contributed by atoms with van der Waals surface area (Å²) in [7, 11) is 2.24. The fourth-order valence-corrected chi connectivity index (χ4v) is 3.41. The SMILES string of the molecule is Cc1cccc2c1NCC2C1CCN(C)CC1. The Bertz CT molecular complexity index is 405. The van der Waals surface area contributed by atoms with E-state index in [0.717, 1.165) is 18.4 Å². The lowest BCUT2D eigenvalue weighted by Crippen LogP contribution is -2.33. The van der Waals surface area contributed by atoms with Gasteiger partial charge >= 0.3 is 0 Å². The lowest BCUT2D eigenvalue weighted by Gasteiger charge is -2.32. The first-order valence-electron chi connectivity index (χ1n) is 6.77. The summed E-state index contributed by atoms with van der Waals surface area (Å²) in [5.74, 6) is 1.63. The van der Waals surface area contributed by atoms with Crippen molar-refractivity contribution in [2.24, 2.45) is 5.92 Å². The first-order chi connectivity index (χ1) is 8.25. The third kappa shape index (κ3) is 1.95. The molecule has 0 amide bonds. The summed E-state index contributed by atoms with van der Waals surface area (Å²) in [6.45, 7) is 5.89. The zero-order chi connectivity index (χ0) is 11.8. The van der Waals surface area contributed by atoms with Crippen molar-refractivity contribution in [3.8, 4) is 0 Å². The van der Waals surface area contributed by atoms with Crippen molar-refractivity contribution in [1.29, 1.82) is 0 Å². The average molecular weight is 230 g/mol. The smallest absolute Gasteiger partial charge is 0.0406 e. The van der Waals surface area contributed by atoms with Gasteiger partial charge in [-0.05, 0) is 56.9 Å². The molecule has 0 aliphatic carbocycles. The van der Waals surface area contributed by atoms with Gasteiger partial charge in [-0.1, -0.05) is 18.2 Å². The molecule has 0 aromatic heterocycles. The predicted octanol–water partition coefficient (Wildman–Crippen LogP) is 2.85. The van der Waals surface area contributed by atoms with Gasteiger partial charge in [0.1, 0.15) is 0 Å². The minimum atomic E-state index is 0.749. The predicted molar refractivity (Wildman–Crippen MR) is 72.6 cm³/mol. The number of hydrogen-bond donors (Lipinski definition) is 1. The van der Waals surface area contributed by atoms with Gasteiger partial charge in [-0.3, -0.25) is 0 Å². The summed E-state index contributed by atoms with van der Waals surface area (Å²) >= 11 is 0. The van der Waals surface area contributed by atoms with Crippen LogP contribution in [0.2, 0.25) is 0 Å². The minimum Gasteiger partial charge on any atom is -0.384 e. The van der Waals surface area contributed by atoms with Gasteiger partial charge in [0.2, 0.25) is 0 Å². The molecule has 1 aromatic carbocycles. The molecule has 2 heterocycles. The monoisotopic (exact) mass is 230 g/mol. The normalized spacial score (nSPS) is 25.6. The van der Waals surface area contributed by atoms with Crippen molar-refractivity contribution in [3.05, 3.63) is 29.3 Å². The highest BCUT2D eigenvalue weighted by Gasteiger charge is 2.31. The topological polar surface area (TPSA) is 15.3 Å². The van der Waals surface area contributed by atoms with Crippen LogP contribution < -0.4 is 5.32 Å². The van der Waals surface area contributed by atoms with Crippen LogP contribution in [0.15, 0.2) is 18.2 Å². The van der Waals surface area contributed by atoms with Crippen LogP contribution in [-0.4, -0.2) is 31.6 Å². The number of benzene rings is 1. The van der Waals surface area contributed by atoms with Crippen LogP contribution in [0.5, 0.6) is 0 Å². The highest BCUT2D eigenvalue weighted by atomic mass is 15.1. The van der Waals surface area contributed by atoms with Gasteiger partial charge < -0.3 is 10.2 Å². The number of aryl methyl sites for hydroxylation is 1. The third-order valence-electron chi connectivity index (χ3n) is 4.54. The zero-order valence-corrected chi connectivity index (χ0v) is 10.9. The molecule has 1 atom stereocenters. The molecule has 0 spiro atoms. The van der Waals surface area contributed by atoms with E-state index in [2.05, 4.69) is 42.4 Å². The molecule has 2 aliphatic rings. The maximum atomic E-state index is 3.61. The minimum absolute atomic E-state index is 0.749. The molecular formula is C15H22N2. The number of fused-ring (bicyclic) bond motifs is 1. The molecule has 92 valence electrons. The number of hydrogen-bond acceptors (Lipinski definition) is 2. The summed E-state index contributed by atoms with van der Waals surface area (Å²) in [5.41, 5.74) is 4.38. The van der Waals surface area contributed by atoms with Crippen LogP contribution in [0.3, 0.4) is 0 Å². The second-order valence-corrected chi connectivity index (χ2v) is 5.67. The van der Waals surface area contributed by atoms with Crippen molar-refractivity contribution < 1.29 is 0 Å². The van der Waals surface area contributed by atoms with Crippen molar-refractivity contribution >= 4 is 5.69 Å². The molecule has 2 aliphatic heterocycles. The Balaban J connectivity index is 1.82. The first kappa shape index (κ1) is 11.1. The van der Waals surface area contributed by atoms with E-state index in [1.54, 1.807) is 5.56 Å². The molecule has 17 heavy (non-hydrogen) atoms. The van der Waals surface area contributed by atoms with Crippen LogP contribution in [0.1, 0.15) is 29.9 Å². The Hall–Kier alpha value is -1.02. The first-order valence-corrected chi connectivity index (χ1v) is 6.77. The molecule has 0 bridgehead atoms. The van der Waals surface area contributed by atoms with Crippen molar-refractivity contribution in [2.45, 2.75) is 25.7 Å². The summed E-state index contributed by atoms with van der Waals surface area (Å²) in [5, 5.41) is 3.61. The molecule has 2 heteroatoms. The number of likely N-dealkylation sites (tertiary alicyclic amines) is 1. The molecule has 1 N–H and O–H groups in total. The molecule has 1 saturated heterocycles. The molecule has 1 unspecified atom stereocenters. The number of nitrogens with one attached hydrogen (secondary N) is 1. The maximum absolute atomic E-state index is 3.61. The van der Waals surface area contributed by atoms with E-state index in [9.17, 15) is 0 Å². The Morgan fingerprint density at radius 3 is 2.76 bits per heavy atom. The van der Waals surface area contributed by atoms with Gasteiger partial charge in [-0.25, -0.2) is 0 Å². The molecule has 0 radical (unpaired) electrons. The number of piperidine rings is 1. The van der Waals surface area contributed by atoms with E-state index >= 15 is 0 Å². The van der Waals surface area contributed by atoms with Crippen molar-refractivity contribution in [1.82, 2.24) is 4.90 Å². The van der Waals surface area contributed by atoms with Crippen molar-refractivity contribution in [2.75, 3.05) is 32.0 Å². The van der Waals surface area contributed by atoms with Gasteiger partial charge in [0, 0.05) is 18.2 Å². The van der Waals surface area contributed by atoms with Crippen LogP contribution in [0.25, 0.3) is 0 Å². The zero-order valence-electron chi connectivity index (χ0n) is 10.9. The van der Waals surface area contributed by atoms with E-state index in [4.69, 9.17) is 0 Å². The number of para-hydroxylation sites is 1. The lowest BCUT2D eigenvalue weighted by atomic mass is 9.81. The van der Waals surface area contributed by atoms with Gasteiger partial charge in [-0.15, -0.1) is 0 Å². The van der Waals surface area contributed by atoms with E-state index in [0.29, 0.717) is 0 Å². The summed E-state index contributed by atoms with van der Waals surface area (Å²) in [6, 6.07) is 6.75. The van der Waals surface area contributed by atoms with Crippen LogP contribution >= 0.6 is 0 Å². The van der Waals surface area contributed by atoms with Gasteiger partial charge in [-0.2, -0.15) is 0 Å². The van der Waals surface area contributed by atoms with Crippen LogP contribution in [-0.2, 0) is 0 Å².